The quantitative estimate of drug-likeness (QED) is 0.391. The first-order valence-electron chi connectivity index (χ1n) is 11.9. The van der Waals surface area contributed by atoms with E-state index in [2.05, 4.69) is 15.0 Å². The van der Waals surface area contributed by atoms with Gasteiger partial charge >= 0.3 is 5.97 Å². The Balaban J connectivity index is 1.24. The zero-order valence-corrected chi connectivity index (χ0v) is 19.6. The van der Waals surface area contributed by atoms with E-state index in [4.69, 9.17) is 14.4 Å². The summed E-state index contributed by atoms with van der Waals surface area (Å²) in [4.78, 5) is 17.9. The Kier molecular flexibility index (Phi) is 5.53. The highest BCUT2D eigenvalue weighted by Gasteiger charge is 2.39. The molecule has 1 aliphatic carbocycles. The van der Waals surface area contributed by atoms with Crippen molar-refractivity contribution in [2.75, 3.05) is 7.11 Å². The van der Waals surface area contributed by atoms with E-state index in [1.54, 1.807) is 13.2 Å². The lowest BCUT2D eigenvalue weighted by Gasteiger charge is -2.39. The van der Waals surface area contributed by atoms with Crippen LogP contribution in [0.4, 0.5) is 4.39 Å². The Morgan fingerprint density at radius 1 is 1.03 bits per heavy atom. The molecule has 0 bridgehead atoms. The van der Waals surface area contributed by atoms with Crippen LogP contribution in [0.25, 0.3) is 34.0 Å². The molecule has 1 N–H and O–H groups in total. The minimum atomic E-state index is -0.707. The van der Waals surface area contributed by atoms with Gasteiger partial charge in [-0.2, -0.15) is 4.98 Å². The van der Waals surface area contributed by atoms with Crippen molar-refractivity contribution in [1.82, 2.24) is 15.0 Å². The summed E-state index contributed by atoms with van der Waals surface area (Å²) in [7, 11) is 1.54. The number of ether oxygens (including phenoxy) is 1. The molecular formula is C28H24FN3O4. The van der Waals surface area contributed by atoms with E-state index >= 15 is 4.39 Å². The first-order valence-corrected chi connectivity index (χ1v) is 11.9. The molecular weight excluding hydrogens is 461 g/mol. The summed E-state index contributed by atoms with van der Waals surface area (Å²) in [6.07, 6.45) is 1.39. The molecule has 0 spiro atoms. The van der Waals surface area contributed by atoms with Gasteiger partial charge in [0.1, 0.15) is 11.6 Å². The summed E-state index contributed by atoms with van der Waals surface area (Å²) in [5, 5.41) is 13.3. The number of benzene rings is 3. The summed E-state index contributed by atoms with van der Waals surface area (Å²) < 4.78 is 26.1. The highest BCUT2D eigenvalue weighted by Crippen LogP contribution is 2.39. The number of aromatic nitrogens is 2. The normalized spacial score (nSPS) is 19.1. The van der Waals surface area contributed by atoms with Crippen molar-refractivity contribution in [3.8, 4) is 39.7 Å². The number of halogens is 1. The molecule has 7 nitrogen and oxygen atoms in total. The lowest BCUT2D eigenvalue weighted by atomic mass is 9.79. The third kappa shape index (κ3) is 3.93. The Labute approximate surface area is 207 Å². The number of hydrogen-bond donors (Lipinski definition) is 1. The maximum Gasteiger partial charge on any atom is 0.306 e. The molecule has 1 fully saturated rings. The molecule has 0 atom stereocenters. The van der Waals surface area contributed by atoms with E-state index in [1.807, 2.05) is 48.5 Å². The molecule has 1 aromatic heterocycles. The second-order valence-electron chi connectivity index (χ2n) is 9.37. The van der Waals surface area contributed by atoms with E-state index in [1.165, 1.54) is 11.6 Å². The van der Waals surface area contributed by atoms with Gasteiger partial charge in [-0.1, -0.05) is 47.6 Å². The topological polar surface area (TPSA) is 88.7 Å². The maximum absolute atomic E-state index is 15.1. The fraction of sp³-hybridized carbons (Fsp3) is 0.250. The number of carbonyl (C=O) groups is 1. The summed E-state index contributed by atoms with van der Waals surface area (Å²) in [6.45, 7) is 1.57. The molecule has 1 saturated carbocycles. The predicted octanol–water partition coefficient (Wildman–Crippen LogP) is 5.40. The largest absolute Gasteiger partial charge is 0.496 e. The maximum atomic E-state index is 15.1. The van der Waals surface area contributed by atoms with Gasteiger partial charge < -0.3 is 14.4 Å². The molecule has 3 aromatic carbocycles. The van der Waals surface area contributed by atoms with E-state index in [0.717, 1.165) is 29.8 Å². The molecule has 182 valence electrons. The molecule has 0 saturated heterocycles. The van der Waals surface area contributed by atoms with Crippen LogP contribution in [0, 0.1) is 11.7 Å². The monoisotopic (exact) mass is 485 g/mol. The van der Waals surface area contributed by atoms with Crippen LogP contribution in [0.5, 0.6) is 5.75 Å². The predicted molar refractivity (Wildman–Crippen MR) is 131 cm³/mol. The second kappa shape index (κ2) is 8.87. The number of carboxylic acids is 1. The smallest absolute Gasteiger partial charge is 0.306 e. The fourth-order valence-corrected chi connectivity index (χ4v) is 5.09. The van der Waals surface area contributed by atoms with Gasteiger partial charge in [-0.25, -0.2) is 4.39 Å². The van der Waals surface area contributed by atoms with Gasteiger partial charge in [-0.3, -0.25) is 9.69 Å². The van der Waals surface area contributed by atoms with Crippen LogP contribution in [0.1, 0.15) is 24.0 Å². The first-order chi connectivity index (χ1) is 17.5. The van der Waals surface area contributed by atoms with Crippen LogP contribution in [-0.2, 0) is 17.9 Å². The van der Waals surface area contributed by atoms with Crippen LogP contribution in [0.15, 0.2) is 65.2 Å². The Hall–Kier alpha value is -4.04. The minimum absolute atomic E-state index is 0.0803. The molecule has 8 heteroatoms. The van der Waals surface area contributed by atoms with Gasteiger partial charge in [0.2, 0.25) is 5.82 Å². The van der Waals surface area contributed by atoms with Gasteiger partial charge in [0.25, 0.3) is 5.89 Å². The molecule has 2 aliphatic rings. The van der Waals surface area contributed by atoms with E-state index < -0.39 is 11.8 Å². The molecule has 1 aliphatic heterocycles. The van der Waals surface area contributed by atoms with Crippen molar-refractivity contribution in [3.63, 3.8) is 0 Å². The Bertz CT molecular complexity index is 1450. The van der Waals surface area contributed by atoms with E-state index in [9.17, 15) is 4.79 Å². The van der Waals surface area contributed by atoms with Crippen molar-refractivity contribution >= 4 is 5.97 Å². The highest BCUT2D eigenvalue weighted by atomic mass is 19.1. The number of rotatable bonds is 6. The van der Waals surface area contributed by atoms with Gasteiger partial charge in [-0.15, -0.1) is 0 Å². The summed E-state index contributed by atoms with van der Waals surface area (Å²) in [5.41, 5.74) is 4.83. The average Bonchev–Trinajstić information content (AvgIpc) is 3.50. The third-order valence-corrected chi connectivity index (χ3v) is 7.22. The number of nitrogens with zero attached hydrogens (tertiary/aromatic N) is 3. The van der Waals surface area contributed by atoms with Crippen molar-refractivity contribution in [2.45, 2.75) is 32.0 Å². The van der Waals surface area contributed by atoms with Crippen molar-refractivity contribution < 1.29 is 23.6 Å². The standard InChI is InChI=1S/C28H24FN3O4/c1-35-25-13-23(24(29)12-22(25)16-5-3-2-4-6-16)27-30-26(31-36-27)17-7-8-18-14-32(15-20(18)9-17)21-10-19(11-21)28(33)34/h2-9,12-13,19,21H,10-11,14-15H2,1H3,(H,33,34)/t19-,21-. The summed E-state index contributed by atoms with van der Waals surface area (Å²) in [6, 6.07) is 18.8. The van der Waals surface area contributed by atoms with Gasteiger partial charge in [-0.05, 0) is 47.7 Å². The summed E-state index contributed by atoms with van der Waals surface area (Å²) in [5.74, 6) is -0.441. The number of fused-ring (bicyclic) bond motifs is 1. The van der Waals surface area contributed by atoms with Gasteiger partial charge in [0, 0.05) is 30.3 Å². The number of methoxy groups -OCH3 is 1. The summed E-state index contributed by atoms with van der Waals surface area (Å²) >= 11 is 0. The van der Waals surface area contributed by atoms with Crippen molar-refractivity contribution in [1.29, 1.82) is 0 Å². The SMILES string of the molecule is COc1cc(-c2nc(-c3ccc4c(c3)CN([C@H]3C[C@H](C(=O)O)C3)C4)no2)c(F)cc1-c1ccccc1. The average molecular weight is 486 g/mol. The zero-order chi connectivity index (χ0) is 24.8. The molecule has 6 rings (SSSR count). The Morgan fingerprint density at radius 2 is 1.81 bits per heavy atom. The van der Waals surface area contributed by atoms with Gasteiger partial charge in [0.05, 0.1) is 18.6 Å². The minimum Gasteiger partial charge on any atom is -0.496 e. The molecule has 36 heavy (non-hydrogen) atoms. The van der Waals surface area contributed by atoms with Crippen LogP contribution in [-0.4, -0.2) is 39.3 Å². The van der Waals surface area contributed by atoms with Crippen LogP contribution in [0.2, 0.25) is 0 Å². The highest BCUT2D eigenvalue weighted by molar-refractivity contribution is 5.75. The number of hydrogen-bond acceptors (Lipinski definition) is 6. The van der Waals surface area contributed by atoms with Gasteiger partial charge in [0.15, 0.2) is 0 Å². The van der Waals surface area contributed by atoms with Crippen LogP contribution in [0.3, 0.4) is 0 Å². The molecule has 4 aromatic rings. The number of carboxylic acid groups (broad SMARTS) is 1. The number of aliphatic carboxylic acids is 1. The van der Waals surface area contributed by atoms with E-state index in [-0.39, 0.29) is 17.4 Å². The first kappa shape index (κ1) is 22.4. The second-order valence-corrected chi connectivity index (χ2v) is 9.37. The fourth-order valence-electron chi connectivity index (χ4n) is 5.09. The van der Waals surface area contributed by atoms with Crippen molar-refractivity contribution in [3.05, 3.63) is 77.6 Å². The van der Waals surface area contributed by atoms with E-state index in [0.29, 0.717) is 36.0 Å². The third-order valence-electron chi connectivity index (χ3n) is 7.22. The lowest BCUT2D eigenvalue weighted by Crippen LogP contribution is -2.44. The molecule has 0 unspecified atom stereocenters. The molecule has 0 amide bonds. The zero-order valence-electron chi connectivity index (χ0n) is 19.6. The molecule has 2 heterocycles. The Morgan fingerprint density at radius 3 is 2.56 bits per heavy atom. The lowest BCUT2D eigenvalue weighted by molar-refractivity contribution is -0.147. The van der Waals surface area contributed by atoms with Crippen LogP contribution >= 0.6 is 0 Å². The molecule has 0 radical (unpaired) electrons. The van der Waals surface area contributed by atoms with Crippen molar-refractivity contribution in [2.24, 2.45) is 5.92 Å². The van der Waals surface area contributed by atoms with Crippen LogP contribution < -0.4 is 4.74 Å².